The van der Waals surface area contributed by atoms with Crippen molar-refractivity contribution in [2.24, 2.45) is 35.5 Å². The van der Waals surface area contributed by atoms with E-state index in [1.54, 1.807) is 18.2 Å². The van der Waals surface area contributed by atoms with E-state index < -0.39 is 36.2 Å². The summed E-state index contributed by atoms with van der Waals surface area (Å²) in [6, 6.07) is 2.10. The Morgan fingerprint density at radius 1 is 1.06 bits per heavy atom. The summed E-state index contributed by atoms with van der Waals surface area (Å²) in [5, 5.41) is 40.6. The van der Waals surface area contributed by atoms with Gasteiger partial charge < -0.3 is 20.1 Å². The smallest absolute Gasteiger partial charge is 0.308 e. The quantitative estimate of drug-likeness (QED) is 0.482. The molecule has 0 bridgehead atoms. The van der Waals surface area contributed by atoms with Gasteiger partial charge in [-0.05, 0) is 61.9 Å². The zero-order valence-electron chi connectivity index (χ0n) is 21.6. The van der Waals surface area contributed by atoms with Crippen LogP contribution in [0.4, 0.5) is 0 Å². The van der Waals surface area contributed by atoms with Gasteiger partial charge in [-0.1, -0.05) is 46.3 Å². The van der Waals surface area contributed by atoms with E-state index >= 15 is 0 Å². The molecule has 7 heteroatoms. The molecule has 1 saturated carbocycles. The predicted molar refractivity (Wildman–Crippen MR) is 133 cm³/mol. The van der Waals surface area contributed by atoms with Gasteiger partial charge in [0.15, 0.2) is 0 Å². The fourth-order valence-corrected chi connectivity index (χ4v) is 5.97. The molecule has 35 heavy (non-hydrogen) atoms. The van der Waals surface area contributed by atoms with E-state index in [0.29, 0.717) is 31.1 Å². The van der Waals surface area contributed by atoms with Gasteiger partial charge >= 0.3 is 11.9 Å². The summed E-state index contributed by atoms with van der Waals surface area (Å²) < 4.78 is 5.77. The number of aliphatic hydroxyl groups excluding tert-OH is 2. The second-order valence-corrected chi connectivity index (χ2v) is 11.1. The third-order valence-electron chi connectivity index (χ3n) is 7.80. The molecule has 1 aliphatic carbocycles. The summed E-state index contributed by atoms with van der Waals surface area (Å²) >= 11 is 0. The number of nitrogens with zero attached hydrogens (tertiary/aromatic N) is 1. The number of ether oxygens (including phenoxy) is 1. The minimum atomic E-state index is -0.882. The Labute approximate surface area is 209 Å². The maximum atomic E-state index is 12.7. The van der Waals surface area contributed by atoms with Gasteiger partial charge in [0.1, 0.15) is 6.10 Å². The Balaban J connectivity index is 2.30. The number of carbonyl (C=O) groups is 2. The van der Waals surface area contributed by atoms with Gasteiger partial charge in [0, 0.05) is 12.3 Å². The first-order valence-corrected chi connectivity index (χ1v) is 13.1. The molecular weight excluding hydrogens is 446 g/mol. The van der Waals surface area contributed by atoms with Crippen molar-refractivity contribution in [3.8, 4) is 6.07 Å². The van der Waals surface area contributed by atoms with Gasteiger partial charge in [0.05, 0.1) is 36.2 Å². The van der Waals surface area contributed by atoms with Crippen LogP contribution in [0, 0.1) is 46.8 Å². The topological polar surface area (TPSA) is 128 Å². The van der Waals surface area contributed by atoms with E-state index in [-0.39, 0.29) is 29.7 Å². The first kappa shape index (κ1) is 29.1. The Morgan fingerprint density at radius 2 is 1.71 bits per heavy atom. The maximum absolute atomic E-state index is 12.7. The second kappa shape index (κ2) is 13.8. The third kappa shape index (κ3) is 8.77. The molecule has 0 amide bonds. The lowest BCUT2D eigenvalue weighted by molar-refractivity contribution is -0.159. The summed E-state index contributed by atoms with van der Waals surface area (Å²) in [6.07, 6.45) is 7.33. The zero-order valence-corrected chi connectivity index (χ0v) is 21.6. The van der Waals surface area contributed by atoms with Gasteiger partial charge in [-0.2, -0.15) is 5.26 Å². The largest absolute Gasteiger partial charge is 0.481 e. The lowest BCUT2D eigenvalue weighted by atomic mass is 9.82. The van der Waals surface area contributed by atoms with Crippen LogP contribution in [-0.4, -0.2) is 45.6 Å². The first-order valence-electron chi connectivity index (χ1n) is 13.1. The molecule has 0 aromatic heterocycles. The molecule has 3 N–H and O–H groups in total. The highest BCUT2D eigenvalue weighted by atomic mass is 16.5. The number of carboxylic acid groups (broad SMARTS) is 1. The van der Waals surface area contributed by atoms with Crippen LogP contribution in [0.1, 0.15) is 79.1 Å². The van der Waals surface area contributed by atoms with Crippen LogP contribution in [0.25, 0.3) is 0 Å². The summed E-state index contributed by atoms with van der Waals surface area (Å²) in [7, 11) is 0. The van der Waals surface area contributed by atoms with E-state index in [0.717, 1.165) is 25.7 Å². The van der Waals surface area contributed by atoms with Crippen LogP contribution in [0.3, 0.4) is 0 Å². The second-order valence-electron chi connectivity index (χ2n) is 11.1. The number of cyclic esters (lactones) is 1. The number of aliphatic hydroxyl groups is 2. The van der Waals surface area contributed by atoms with Crippen LogP contribution >= 0.6 is 0 Å². The molecule has 2 aliphatic rings. The molecule has 7 nitrogen and oxygen atoms in total. The average molecular weight is 490 g/mol. The van der Waals surface area contributed by atoms with Crippen LogP contribution in [0.5, 0.6) is 0 Å². The minimum Gasteiger partial charge on any atom is -0.481 e. The van der Waals surface area contributed by atoms with E-state index in [1.165, 1.54) is 0 Å². The van der Waals surface area contributed by atoms with E-state index in [4.69, 9.17) is 4.74 Å². The number of hydrogen-bond donors (Lipinski definition) is 3. The fraction of sp³-hybridized carbons (Fsp3) is 0.750. The maximum Gasteiger partial charge on any atom is 0.308 e. The monoisotopic (exact) mass is 489 g/mol. The summed E-state index contributed by atoms with van der Waals surface area (Å²) in [6.45, 7) is 8.16. The number of hydrogen-bond acceptors (Lipinski definition) is 6. The van der Waals surface area contributed by atoms with Gasteiger partial charge in [0.25, 0.3) is 0 Å². The number of carbonyl (C=O) groups excluding carboxylic acids is 1. The molecule has 1 unspecified atom stereocenters. The van der Waals surface area contributed by atoms with Crippen LogP contribution < -0.4 is 0 Å². The van der Waals surface area contributed by atoms with Gasteiger partial charge in [-0.25, -0.2) is 0 Å². The van der Waals surface area contributed by atoms with Crippen LogP contribution in [-0.2, 0) is 14.3 Å². The number of carboxylic acids is 1. The lowest BCUT2D eigenvalue weighted by Crippen LogP contribution is -2.34. The predicted octanol–water partition coefficient (Wildman–Crippen LogP) is 4.64. The number of allylic oxidation sites excluding steroid dienone is 2. The average Bonchev–Trinajstić information content (AvgIpc) is 3.27. The molecule has 0 aromatic rings. The summed E-state index contributed by atoms with van der Waals surface area (Å²) in [4.78, 5) is 24.5. The highest BCUT2D eigenvalue weighted by Gasteiger charge is 2.39. The summed E-state index contributed by atoms with van der Waals surface area (Å²) in [5.41, 5.74) is 0.282. The molecule has 196 valence electrons. The van der Waals surface area contributed by atoms with Crippen molar-refractivity contribution in [1.82, 2.24) is 0 Å². The molecule has 0 spiro atoms. The van der Waals surface area contributed by atoms with Gasteiger partial charge in [0.2, 0.25) is 0 Å². The van der Waals surface area contributed by atoms with Crippen molar-refractivity contribution >= 4 is 11.9 Å². The molecule has 0 radical (unpaired) electrons. The number of aliphatic carboxylic acids is 1. The molecule has 0 saturated heterocycles. The number of rotatable bonds is 2. The SMILES string of the molecule is CC1C[C@@H](C)C[C@@H](C)[C@H](O)CC(=O)O[C@@H]([C@H]2CCC[C@@H]2C(=O)O)C/C=C\C=C(/C#N)[C@@H](O)[C@H](C)C1. The standard InChI is InChI=1S/C28H43NO6/c1-17-12-18(2)14-20(4)27(32)21(16-29)8-5-6-11-25(22-9-7-10-23(22)28(33)34)35-26(31)15-24(30)19(3)13-17/h5-6,8,17-20,22-25,27,30,32H,7,9-15H2,1-4H3,(H,33,34)/b6-5-,21-8+/t17-,18?,19-,20-,22+,23+,24-,25-,27+/m1/s1. The van der Waals surface area contributed by atoms with Crippen LogP contribution in [0.2, 0.25) is 0 Å². The number of esters is 1. The van der Waals surface area contributed by atoms with Crippen molar-refractivity contribution < 1.29 is 29.6 Å². The first-order chi connectivity index (χ1) is 16.5. The van der Waals surface area contributed by atoms with Gasteiger partial charge in [-0.3, -0.25) is 9.59 Å². The van der Waals surface area contributed by atoms with E-state index in [1.807, 2.05) is 13.8 Å². The third-order valence-corrected chi connectivity index (χ3v) is 7.80. The van der Waals surface area contributed by atoms with E-state index in [9.17, 15) is 30.2 Å². The van der Waals surface area contributed by atoms with Crippen molar-refractivity contribution in [1.29, 1.82) is 5.26 Å². The molecule has 9 atom stereocenters. The molecule has 2 rings (SSSR count). The lowest BCUT2D eigenvalue weighted by Gasteiger charge is -2.28. The summed E-state index contributed by atoms with van der Waals surface area (Å²) in [5.74, 6) is -1.77. The molecule has 0 aromatic carbocycles. The zero-order chi connectivity index (χ0) is 26.1. The van der Waals surface area contributed by atoms with Gasteiger partial charge in [-0.15, -0.1) is 0 Å². The van der Waals surface area contributed by atoms with E-state index in [2.05, 4.69) is 19.9 Å². The molecule has 1 heterocycles. The Hall–Kier alpha value is -2.17. The van der Waals surface area contributed by atoms with Crippen LogP contribution in [0.15, 0.2) is 23.8 Å². The van der Waals surface area contributed by atoms with Crippen molar-refractivity contribution in [3.63, 3.8) is 0 Å². The van der Waals surface area contributed by atoms with Crippen molar-refractivity contribution in [3.05, 3.63) is 23.8 Å². The minimum absolute atomic E-state index is 0.0816. The highest BCUT2D eigenvalue weighted by Crippen LogP contribution is 2.37. The Morgan fingerprint density at radius 3 is 2.34 bits per heavy atom. The number of nitriles is 1. The van der Waals surface area contributed by atoms with Crippen molar-refractivity contribution in [2.75, 3.05) is 0 Å². The van der Waals surface area contributed by atoms with Crippen molar-refractivity contribution in [2.45, 2.75) is 97.4 Å². The fourth-order valence-electron chi connectivity index (χ4n) is 5.97. The molecular formula is C28H43NO6. The molecule has 1 fully saturated rings. The normalized spacial score (nSPS) is 40.9. The molecule has 1 aliphatic heterocycles. The Bertz CT molecular complexity index is 815. The highest BCUT2D eigenvalue weighted by molar-refractivity contribution is 5.72. The Kier molecular flexibility index (Phi) is 11.5.